The number of piperidine rings is 1. The van der Waals surface area contributed by atoms with Gasteiger partial charge in [0.1, 0.15) is 11.9 Å². The second-order valence-corrected chi connectivity index (χ2v) is 13.6. The summed E-state index contributed by atoms with van der Waals surface area (Å²) in [6.45, 7) is 0.954. The Morgan fingerprint density at radius 3 is 2.39 bits per heavy atom. The molecule has 0 spiro atoms. The highest BCUT2D eigenvalue weighted by Crippen LogP contribution is 2.35. The van der Waals surface area contributed by atoms with E-state index in [0.717, 1.165) is 4.90 Å². The molecule has 0 aliphatic carbocycles. The summed E-state index contributed by atoms with van der Waals surface area (Å²) in [5.74, 6) is -3.33. The molecule has 2 N–H and O–H groups in total. The van der Waals surface area contributed by atoms with Crippen LogP contribution in [0.25, 0.3) is 10.8 Å². The van der Waals surface area contributed by atoms with Crippen molar-refractivity contribution < 1.29 is 33.2 Å². The van der Waals surface area contributed by atoms with Crippen molar-refractivity contribution in [3.8, 4) is 0 Å². The van der Waals surface area contributed by atoms with Crippen LogP contribution in [-0.4, -0.2) is 98.3 Å². The number of imide groups is 2. The summed E-state index contributed by atoms with van der Waals surface area (Å²) in [6, 6.07) is 15.1. The van der Waals surface area contributed by atoms with Gasteiger partial charge in [-0.25, -0.2) is 9.49 Å². The first-order valence-electron chi connectivity index (χ1n) is 16.4. The highest BCUT2D eigenvalue weighted by Gasteiger charge is 2.45. The van der Waals surface area contributed by atoms with E-state index in [-0.39, 0.29) is 80.0 Å². The molecule has 2 fully saturated rings. The maximum atomic E-state index is 14.9. The van der Waals surface area contributed by atoms with Crippen LogP contribution < -0.4 is 10.9 Å². The molecule has 260 valence electrons. The lowest BCUT2D eigenvalue weighted by molar-refractivity contribution is -0.136. The number of H-pyrrole nitrogens is 1. The quantitative estimate of drug-likeness (QED) is 0.206. The summed E-state index contributed by atoms with van der Waals surface area (Å²) >= 11 is 1.25. The number of hydrogen-bond donors (Lipinski definition) is 2. The minimum Gasteiger partial charge on any atom is -0.339 e. The lowest BCUT2D eigenvalue weighted by Gasteiger charge is -2.35. The Labute approximate surface area is 294 Å². The fraction of sp³-hybridized carbons (Fsp3) is 0.278. The highest BCUT2D eigenvalue weighted by atomic mass is 32.2. The van der Waals surface area contributed by atoms with Gasteiger partial charge in [0.15, 0.2) is 0 Å². The Bertz CT molecular complexity index is 2200. The molecule has 4 heterocycles. The first kappa shape index (κ1) is 33.8. The topological polar surface area (TPSA) is 170 Å². The third kappa shape index (κ3) is 6.52. The van der Waals surface area contributed by atoms with E-state index in [1.165, 1.54) is 34.9 Å². The first-order valence-corrected chi connectivity index (χ1v) is 17.4. The summed E-state index contributed by atoms with van der Waals surface area (Å²) in [7, 11) is 0. The van der Waals surface area contributed by atoms with Crippen molar-refractivity contribution in [3.05, 3.63) is 105 Å². The van der Waals surface area contributed by atoms with E-state index in [2.05, 4.69) is 15.5 Å². The molecular weight excluding hydrogens is 679 g/mol. The van der Waals surface area contributed by atoms with Crippen LogP contribution in [0, 0.1) is 5.82 Å². The predicted molar refractivity (Wildman–Crippen MR) is 183 cm³/mol. The minimum atomic E-state index is -1.07. The number of fused-ring (bicyclic) bond motifs is 2. The van der Waals surface area contributed by atoms with Gasteiger partial charge in [-0.3, -0.25) is 43.8 Å². The molecule has 1 atom stereocenters. The van der Waals surface area contributed by atoms with Crippen LogP contribution in [0.2, 0.25) is 0 Å². The van der Waals surface area contributed by atoms with E-state index >= 15 is 0 Å². The Morgan fingerprint density at radius 2 is 1.63 bits per heavy atom. The monoisotopic (exact) mass is 710 g/mol. The average Bonchev–Trinajstić information content (AvgIpc) is 3.39. The smallest absolute Gasteiger partial charge is 0.272 e. The molecule has 15 heteroatoms. The van der Waals surface area contributed by atoms with Crippen molar-refractivity contribution >= 4 is 58.0 Å². The van der Waals surface area contributed by atoms with Crippen molar-refractivity contribution in [2.45, 2.75) is 36.6 Å². The Morgan fingerprint density at radius 1 is 0.882 bits per heavy atom. The molecule has 4 aromatic rings. The maximum absolute atomic E-state index is 14.9. The standard InChI is InChI=1S/C36H31FN6O7S/c37-25-9-8-20(19-26-21-4-1-2-5-22(21)32(46)40-39-26)18-24(25)34(48)42-15-13-41(14-16-42)30(45)12-17-51-28-7-3-6-23-31(28)36(50)43(35(23)49)27-10-11-29(44)38-33(27)47/h1-9,18,27H,10-17,19H2,(H,40,46)(H,38,44,47). The second-order valence-electron chi connectivity index (χ2n) is 12.4. The van der Waals surface area contributed by atoms with Crippen molar-refractivity contribution in [1.29, 1.82) is 0 Å². The van der Waals surface area contributed by atoms with Crippen LogP contribution in [0.5, 0.6) is 0 Å². The van der Waals surface area contributed by atoms with Gasteiger partial charge in [0.25, 0.3) is 23.3 Å². The minimum absolute atomic E-state index is 0.0231. The molecular formula is C36H31FN6O7S. The summed E-state index contributed by atoms with van der Waals surface area (Å²) in [5, 5.41) is 10.0. The van der Waals surface area contributed by atoms with Crippen LogP contribution in [0.1, 0.15) is 61.6 Å². The molecule has 0 radical (unpaired) electrons. The number of rotatable bonds is 8. The largest absolute Gasteiger partial charge is 0.339 e. The van der Waals surface area contributed by atoms with Gasteiger partial charge in [0.05, 0.1) is 27.8 Å². The fourth-order valence-electron chi connectivity index (χ4n) is 6.69. The second kappa shape index (κ2) is 13.9. The Balaban J connectivity index is 0.941. The van der Waals surface area contributed by atoms with Gasteiger partial charge in [-0.15, -0.1) is 11.8 Å². The summed E-state index contributed by atoms with van der Waals surface area (Å²) in [6.07, 6.45) is 0.480. The Kier molecular flexibility index (Phi) is 9.21. The van der Waals surface area contributed by atoms with Gasteiger partial charge < -0.3 is 9.80 Å². The van der Waals surface area contributed by atoms with Gasteiger partial charge in [-0.1, -0.05) is 30.3 Å². The number of aromatic amines is 1. The van der Waals surface area contributed by atoms with Gasteiger partial charge in [-0.2, -0.15) is 5.10 Å². The zero-order valence-electron chi connectivity index (χ0n) is 27.1. The number of thioether (sulfide) groups is 1. The van der Waals surface area contributed by atoms with Crippen LogP contribution in [0.4, 0.5) is 4.39 Å². The zero-order chi connectivity index (χ0) is 35.8. The summed E-state index contributed by atoms with van der Waals surface area (Å²) < 4.78 is 14.9. The molecule has 6 amide bonds. The van der Waals surface area contributed by atoms with E-state index in [1.807, 2.05) is 0 Å². The first-order chi connectivity index (χ1) is 24.6. The number of halogens is 1. The molecule has 1 aromatic heterocycles. The molecule has 7 rings (SSSR count). The van der Waals surface area contributed by atoms with Gasteiger partial charge >= 0.3 is 0 Å². The van der Waals surface area contributed by atoms with Crippen molar-refractivity contribution in [2.24, 2.45) is 0 Å². The van der Waals surface area contributed by atoms with E-state index in [9.17, 15) is 38.0 Å². The average molecular weight is 711 g/mol. The molecule has 0 bridgehead atoms. The molecule has 3 aliphatic rings. The van der Waals surface area contributed by atoms with Crippen LogP contribution in [0.3, 0.4) is 0 Å². The molecule has 0 saturated carbocycles. The summed E-state index contributed by atoms with van der Waals surface area (Å²) in [4.78, 5) is 93.7. The number of aromatic nitrogens is 2. The fourth-order valence-corrected chi connectivity index (χ4v) is 7.70. The molecule has 2 saturated heterocycles. The predicted octanol–water partition coefficient (Wildman–Crippen LogP) is 2.52. The van der Waals surface area contributed by atoms with Gasteiger partial charge in [0, 0.05) is 61.5 Å². The zero-order valence-corrected chi connectivity index (χ0v) is 28.0. The van der Waals surface area contributed by atoms with Crippen LogP contribution in [0.15, 0.2) is 70.4 Å². The number of hydrogen-bond acceptors (Lipinski definition) is 9. The van der Waals surface area contributed by atoms with Crippen molar-refractivity contribution in [2.75, 3.05) is 31.9 Å². The molecule has 13 nitrogen and oxygen atoms in total. The lowest BCUT2D eigenvalue weighted by atomic mass is 10.0. The molecule has 3 aromatic carbocycles. The normalized spacial score (nSPS) is 17.6. The number of piperazine rings is 1. The number of carbonyl (C=O) groups excluding carboxylic acids is 6. The third-order valence-corrected chi connectivity index (χ3v) is 10.4. The lowest BCUT2D eigenvalue weighted by Crippen LogP contribution is -2.54. The Hall–Kier alpha value is -5.70. The third-order valence-electron chi connectivity index (χ3n) is 9.33. The number of nitrogens with zero attached hydrogens (tertiary/aromatic N) is 4. The number of amides is 6. The SMILES string of the molecule is O=C1CCC(N2C(=O)c3cccc(SCCC(=O)N4CCN(C(=O)c5cc(Cc6n[nH]c(=O)c7ccccc67)ccc5F)CC4)c3C2=O)C(=O)N1. The maximum Gasteiger partial charge on any atom is 0.272 e. The van der Waals surface area contributed by atoms with Crippen molar-refractivity contribution in [3.63, 3.8) is 0 Å². The number of nitrogens with one attached hydrogen (secondary N) is 2. The van der Waals surface area contributed by atoms with Crippen LogP contribution in [-0.2, 0) is 20.8 Å². The van der Waals surface area contributed by atoms with E-state index in [4.69, 9.17) is 0 Å². The van der Waals surface area contributed by atoms with E-state index in [1.54, 1.807) is 47.4 Å². The van der Waals surface area contributed by atoms with Gasteiger partial charge in [0.2, 0.25) is 17.7 Å². The van der Waals surface area contributed by atoms with Gasteiger partial charge in [-0.05, 0) is 42.3 Å². The van der Waals surface area contributed by atoms with Crippen molar-refractivity contribution in [1.82, 2.24) is 30.2 Å². The van der Waals surface area contributed by atoms with E-state index in [0.29, 0.717) is 32.7 Å². The molecule has 1 unspecified atom stereocenters. The van der Waals surface area contributed by atoms with E-state index < -0.39 is 41.4 Å². The van der Waals surface area contributed by atoms with Crippen LogP contribution >= 0.6 is 11.8 Å². The molecule has 3 aliphatic heterocycles. The summed E-state index contributed by atoms with van der Waals surface area (Å²) in [5.41, 5.74) is 1.19. The highest BCUT2D eigenvalue weighted by molar-refractivity contribution is 7.99. The number of benzene rings is 3. The number of carbonyl (C=O) groups is 6. The molecule has 51 heavy (non-hydrogen) atoms.